The molecule has 1 atom stereocenters. The summed E-state index contributed by atoms with van der Waals surface area (Å²) >= 11 is 1.58. The van der Waals surface area contributed by atoms with Crippen LogP contribution in [0.25, 0.3) is 0 Å². The van der Waals surface area contributed by atoms with Gasteiger partial charge < -0.3 is 10.1 Å². The molecule has 5 heteroatoms. The van der Waals surface area contributed by atoms with Gasteiger partial charge in [-0.3, -0.25) is 4.79 Å². The number of hydrogen-bond acceptors (Lipinski definition) is 4. The van der Waals surface area contributed by atoms with Gasteiger partial charge >= 0.3 is 0 Å². The Kier molecular flexibility index (Phi) is 5.99. The van der Waals surface area contributed by atoms with Crippen LogP contribution in [-0.2, 0) is 22.4 Å². The molecule has 4 nitrogen and oxygen atoms in total. The lowest BCUT2D eigenvalue weighted by Gasteiger charge is -2.25. The number of rotatable bonds is 7. The van der Waals surface area contributed by atoms with Crippen LogP contribution in [0.3, 0.4) is 0 Å². The smallest absolute Gasteiger partial charge is 0.226 e. The van der Waals surface area contributed by atoms with Crippen LogP contribution in [0, 0.1) is 6.92 Å². The average molecular weight is 344 g/mol. The minimum atomic E-state index is 0.0308. The van der Waals surface area contributed by atoms with Gasteiger partial charge in [0, 0.05) is 18.5 Å². The van der Waals surface area contributed by atoms with Crippen molar-refractivity contribution in [2.75, 3.05) is 13.2 Å². The molecule has 1 aromatic heterocycles. The number of amides is 1. The van der Waals surface area contributed by atoms with Crippen LogP contribution in [0.5, 0.6) is 0 Å². The zero-order chi connectivity index (χ0) is 16.8. The van der Waals surface area contributed by atoms with Crippen molar-refractivity contribution in [1.82, 2.24) is 10.3 Å². The number of hydrogen-bond donors (Lipinski definition) is 1. The van der Waals surface area contributed by atoms with Crippen molar-refractivity contribution in [3.8, 4) is 0 Å². The topological polar surface area (TPSA) is 51.2 Å². The predicted octanol–water partition coefficient (Wildman–Crippen LogP) is 3.59. The number of carbonyl (C=O) groups is 1. The molecule has 0 aliphatic heterocycles. The molecular formula is C19H24N2O2S. The Morgan fingerprint density at radius 2 is 2.29 bits per heavy atom. The first kappa shape index (κ1) is 17.1. The fourth-order valence-corrected chi connectivity index (χ4v) is 3.74. The summed E-state index contributed by atoms with van der Waals surface area (Å²) in [4.78, 5) is 16.2. The zero-order valence-electron chi connectivity index (χ0n) is 14.1. The first-order valence-corrected chi connectivity index (χ1v) is 9.47. The van der Waals surface area contributed by atoms with E-state index in [1.54, 1.807) is 11.3 Å². The number of nitrogens with zero attached hydrogens (tertiary/aromatic N) is 1. The molecule has 0 spiro atoms. The van der Waals surface area contributed by atoms with E-state index in [-0.39, 0.29) is 12.0 Å². The van der Waals surface area contributed by atoms with Crippen molar-refractivity contribution in [3.05, 3.63) is 51.5 Å². The van der Waals surface area contributed by atoms with Gasteiger partial charge in [0.2, 0.25) is 5.91 Å². The summed E-state index contributed by atoms with van der Waals surface area (Å²) in [7, 11) is 0. The van der Waals surface area contributed by atoms with Gasteiger partial charge in [0.1, 0.15) is 0 Å². The van der Waals surface area contributed by atoms with Crippen LogP contribution in [-0.4, -0.2) is 24.0 Å². The molecule has 0 saturated heterocycles. The summed E-state index contributed by atoms with van der Waals surface area (Å²) in [5, 5.41) is 5.89. The van der Waals surface area contributed by atoms with Crippen molar-refractivity contribution in [3.63, 3.8) is 0 Å². The van der Waals surface area contributed by atoms with Crippen LogP contribution in [0.4, 0.5) is 0 Å². The van der Waals surface area contributed by atoms with E-state index in [4.69, 9.17) is 4.74 Å². The van der Waals surface area contributed by atoms with E-state index in [2.05, 4.69) is 34.6 Å². The van der Waals surface area contributed by atoms with Crippen LogP contribution < -0.4 is 5.32 Å². The minimum absolute atomic E-state index is 0.0308. The number of thiazole rings is 1. The van der Waals surface area contributed by atoms with Crippen molar-refractivity contribution in [2.24, 2.45) is 0 Å². The summed E-state index contributed by atoms with van der Waals surface area (Å²) in [6.07, 6.45) is 4.84. The van der Waals surface area contributed by atoms with Crippen molar-refractivity contribution in [2.45, 2.75) is 45.1 Å². The van der Waals surface area contributed by atoms with Crippen molar-refractivity contribution in [1.29, 1.82) is 0 Å². The largest absolute Gasteiger partial charge is 0.373 e. The molecule has 2 aromatic rings. The third-order valence-corrected chi connectivity index (χ3v) is 5.11. The van der Waals surface area contributed by atoms with Gasteiger partial charge in [-0.15, -0.1) is 11.3 Å². The maximum Gasteiger partial charge on any atom is 0.226 e. The highest BCUT2D eigenvalue weighted by molar-refractivity contribution is 7.09. The molecule has 1 heterocycles. The number of aryl methyl sites for hydroxylation is 2. The first-order valence-electron chi connectivity index (χ1n) is 8.59. The molecule has 1 N–H and O–H groups in total. The number of fused-ring (bicyclic) bond motifs is 1. The lowest BCUT2D eigenvalue weighted by molar-refractivity contribution is -0.120. The fraction of sp³-hybridized carbons (Fsp3) is 0.474. The maximum absolute atomic E-state index is 11.9. The van der Waals surface area contributed by atoms with Gasteiger partial charge in [0.25, 0.3) is 0 Å². The van der Waals surface area contributed by atoms with E-state index in [9.17, 15) is 4.79 Å². The fourth-order valence-electron chi connectivity index (χ4n) is 3.12. The highest BCUT2D eigenvalue weighted by Gasteiger charge is 2.19. The second kappa shape index (κ2) is 8.40. The third kappa shape index (κ3) is 4.65. The Balaban J connectivity index is 1.35. The predicted molar refractivity (Wildman–Crippen MR) is 96.3 cm³/mol. The first-order chi connectivity index (χ1) is 11.7. The standard InChI is InChI=1S/C19H24N2O2S/c1-14-21-16(13-24-14)12-19(22)20-10-5-11-23-18-9-4-7-15-6-2-3-8-17(15)18/h2-3,6,8,13,18H,4-5,7,9-12H2,1H3,(H,20,22)/t18-/m1/s1. The quantitative estimate of drug-likeness (QED) is 0.781. The van der Waals surface area contributed by atoms with E-state index in [1.807, 2.05) is 12.3 Å². The van der Waals surface area contributed by atoms with Crippen molar-refractivity contribution < 1.29 is 9.53 Å². The number of benzene rings is 1. The van der Waals surface area contributed by atoms with E-state index < -0.39 is 0 Å². The minimum Gasteiger partial charge on any atom is -0.373 e. The Labute approximate surface area is 147 Å². The van der Waals surface area contributed by atoms with E-state index in [0.29, 0.717) is 19.6 Å². The molecule has 1 amide bonds. The monoisotopic (exact) mass is 344 g/mol. The molecule has 0 unspecified atom stereocenters. The van der Waals surface area contributed by atoms with Crippen molar-refractivity contribution >= 4 is 17.2 Å². The maximum atomic E-state index is 11.9. The number of carbonyl (C=O) groups excluding carboxylic acids is 1. The second-order valence-electron chi connectivity index (χ2n) is 6.19. The van der Waals surface area contributed by atoms with Crippen LogP contribution in [0.15, 0.2) is 29.6 Å². The van der Waals surface area contributed by atoms with Gasteiger partial charge in [0.05, 0.1) is 23.2 Å². The summed E-state index contributed by atoms with van der Waals surface area (Å²) in [5.41, 5.74) is 3.61. The second-order valence-corrected chi connectivity index (χ2v) is 7.25. The molecule has 0 fully saturated rings. The zero-order valence-corrected chi connectivity index (χ0v) is 14.9. The van der Waals surface area contributed by atoms with Gasteiger partial charge in [-0.2, -0.15) is 0 Å². The van der Waals surface area contributed by atoms with E-state index in [0.717, 1.165) is 30.0 Å². The van der Waals surface area contributed by atoms with Gasteiger partial charge in [-0.25, -0.2) is 4.98 Å². The molecule has 1 aliphatic rings. The molecule has 24 heavy (non-hydrogen) atoms. The average Bonchev–Trinajstić information content (AvgIpc) is 2.99. The molecule has 0 radical (unpaired) electrons. The molecule has 1 aliphatic carbocycles. The summed E-state index contributed by atoms with van der Waals surface area (Å²) in [6, 6.07) is 8.56. The summed E-state index contributed by atoms with van der Waals surface area (Å²) in [5.74, 6) is 0.0308. The van der Waals surface area contributed by atoms with E-state index in [1.165, 1.54) is 17.5 Å². The highest BCUT2D eigenvalue weighted by atomic mass is 32.1. The number of aromatic nitrogens is 1. The van der Waals surface area contributed by atoms with Gasteiger partial charge in [0.15, 0.2) is 0 Å². The van der Waals surface area contributed by atoms with Gasteiger partial charge in [-0.1, -0.05) is 24.3 Å². The molecular weight excluding hydrogens is 320 g/mol. The van der Waals surface area contributed by atoms with Crippen LogP contribution in [0.2, 0.25) is 0 Å². The Morgan fingerprint density at radius 1 is 1.42 bits per heavy atom. The summed E-state index contributed by atoms with van der Waals surface area (Å²) in [6.45, 7) is 3.28. The lowest BCUT2D eigenvalue weighted by Crippen LogP contribution is -2.27. The Hall–Kier alpha value is -1.72. The summed E-state index contributed by atoms with van der Waals surface area (Å²) < 4.78 is 6.05. The lowest BCUT2D eigenvalue weighted by atomic mass is 9.89. The molecule has 128 valence electrons. The van der Waals surface area contributed by atoms with Crippen LogP contribution in [0.1, 0.15) is 47.2 Å². The third-order valence-electron chi connectivity index (χ3n) is 4.28. The molecule has 0 saturated carbocycles. The van der Waals surface area contributed by atoms with Crippen LogP contribution >= 0.6 is 11.3 Å². The number of nitrogens with one attached hydrogen (secondary N) is 1. The Morgan fingerprint density at radius 3 is 3.12 bits per heavy atom. The van der Waals surface area contributed by atoms with E-state index >= 15 is 0 Å². The highest BCUT2D eigenvalue weighted by Crippen LogP contribution is 2.32. The normalized spacial score (nSPS) is 16.6. The molecule has 1 aromatic carbocycles. The molecule has 3 rings (SSSR count). The molecule has 0 bridgehead atoms. The number of ether oxygens (including phenoxy) is 1. The Bertz CT molecular complexity index is 684. The van der Waals surface area contributed by atoms with Gasteiger partial charge in [-0.05, 0) is 43.7 Å². The SMILES string of the molecule is Cc1nc(CC(=O)NCCCO[C@@H]2CCCc3ccccc32)cs1.